The molecule has 2 atom stereocenters. The minimum atomic E-state index is -3.82. The normalized spacial score (nSPS) is 14.6. The Morgan fingerprint density at radius 3 is 1.66 bits per heavy atom. The summed E-state index contributed by atoms with van der Waals surface area (Å²) in [5, 5.41) is 10.6. The summed E-state index contributed by atoms with van der Waals surface area (Å²) in [5.74, 6) is 0.438. The van der Waals surface area contributed by atoms with Gasteiger partial charge in [-0.25, -0.2) is 13.1 Å². The molecule has 0 spiro atoms. The van der Waals surface area contributed by atoms with Gasteiger partial charge in [0.15, 0.2) is 0 Å². The molecule has 0 saturated carbocycles. The van der Waals surface area contributed by atoms with Gasteiger partial charge in [0.2, 0.25) is 10.0 Å². The van der Waals surface area contributed by atoms with Crippen LogP contribution in [-0.2, 0) is 10.0 Å². The molecule has 2 rings (SSSR count). The first-order valence-electron chi connectivity index (χ1n) is 10.4. The van der Waals surface area contributed by atoms with E-state index in [0.717, 1.165) is 16.7 Å². The van der Waals surface area contributed by atoms with Gasteiger partial charge in [-0.05, 0) is 46.9 Å². The van der Waals surface area contributed by atoms with E-state index in [1.807, 2.05) is 58.0 Å². The van der Waals surface area contributed by atoms with Crippen LogP contribution < -0.4 is 4.72 Å². The fourth-order valence-electron chi connectivity index (χ4n) is 3.51. The Morgan fingerprint density at radius 1 is 0.759 bits per heavy atom. The highest BCUT2D eigenvalue weighted by atomic mass is 32.2. The largest absolute Gasteiger partial charge is 0.387 e. The molecule has 0 unspecified atom stereocenters. The lowest BCUT2D eigenvalue weighted by molar-refractivity contribution is 0.146. The second-order valence-corrected chi connectivity index (χ2v) is 10.4. The van der Waals surface area contributed by atoms with Crippen LogP contribution in [0.5, 0.6) is 0 Å². The first-order chi connectivity index (χ1) is 13.5. The molecule has 160 valence electrons. The first-order valence-corrected chi connectivity index (χ1v) is 11.9. The topological polar surface area (TPSA) is 66.4 Å². The molecule has 0 heterocycles. The molecular formula is C24H35NO3S. The SMILES string of the molecule is CC(C)c1cc(C(C)C)c(S(=O)(=O)N[C@@H](C)[C@H](O)c2ccccc2)c(C(C)C)c1. The second-order valence-electron chi connectivity index (χ2n) is 8.76. The summed E-state index contributed by atoms with van der Waals surface area (Å²) in [6.07, 6.45) is -0.925. The summed E-state index contributed by atoms with van der Waals surface area (Å²) < 4.78 is 29.7. The number of rotatable bonds is 8. The van der Waals surface area contributed by atoms with E-state index in [-0.39, 0.29) is 11.8 Å². The maximum Gasteiger partial charge on any atom is 0.241 e. The lowest BCUT2D eigenvalue weighted by Crippen LogP contribution is -2.38. The minimum absolute atomic E-state index is 0.0622. The Hall–Kier alpha value is -1.69. The highest BCUT2D eigenvalue weighted by molar-refractivity contribution is 7.89. The third-order valence-corrected chi connectivity index (χ3v) is 6.99. The lowest BCUT2D eigenvalue weighted by Gasteiger charge is -2.26. The zero-order chi connectivity index (χ0) is 21.9. The molecule has 0 radical (unpaired) electrons. The third-order valence-electron chi connectivity index (χ3n) is 5.30. The van der Waals surface area contributed by atoms with Gasteiger partial charge in [-0.15, -0.1) is 0 Å². The van der Waals surface area contributed by atoms with E-state index in [1.165, 1.54) is 0 Å². The molecule has 0 saturated heterocycles. The number of benzene rings is 2. The monoisotopic (exact) mass is 417 g/mol. The molecule has 0 aliphatic carbocycles. The molecule has 2 N–H and O–H groups in total. The lowest BCUT2D eigenvalue weighted by atomic mass is 9.89. The van der Waals surface area contributed by atoms with E-state index in [9.17, 15) is 13.5 Å². The maximum atomic E-state index is 13.5. The molecule has 0 bridgehead atoms. The van der Waals surface area contributed by atoms with Crippen LogP contribution in [0.3, 0.4) is 0 Å². The fourth-order valence-corrected chi connectivity index (χ4v) is 5.45. The standard InChI is InChI=1S/C24H35NO3S/c1-15(2)20-13-21(16(3)4)24(22(14-20)17(5)6)29(27,28)25-18(7)23(26)19-11-9-8-10-12-19/h8-18,23,25-26H,1-7H3/t18-,23-/m0/s1. The molecule has 29 heavy (non-hydrogen) atoms. The van der Waals surface area contributed by atoms with E-state index in [2.05, 4.69) is 18.6 Å². The Morgan fingerprint density at radius 2 is 1.24 bits per heavy atom. The Balaban J connectivity index is 2.53. The maximum absolute atomic E-state index is 13.5. The Labute approximate surface area is 176 Å². The predicted octanol–water partition coefficient (Wildman–Crippen LogP) is 5.46. The van der Waals surface area contributed by atoms with Crippen molar-refractivity contribution < 1.29 is 13.5 Å². The van der Waals surface area contributed by atoms with Crippen molar-refractivity contribution in [2.24, 2.45) is 0 Å². The fraction of sp³-hybridized carbons (Fsp3) is 0.500. The predicted molar refractivity (Wildman–Crippen MR) is 120 cm³/mol. The van der Waals surface area contributed by atoms with Crippen molar-refractivity contribution in [1.82, 2.24) is 4.72 Å². The van der Waals surface area contributed by atoms with Crippen LogP contribution in [0, 0.1) is 0 Å². The molecular weight excluding hydrogens is 382 g/mol. The van der Waals surface area contributed by atoms with Gasteiger partial charge in [0.1, 0.15) is 0 Å². The van der Waals surface area contributed by atoms with Gasteiger partial charge in [-0.2, -0.15) is 0 Å². The van der Waals surface area contributed by atoms with Gasteiger partial charge in [-0.3, -0.25) is 0 Å². The van der Waals surface area contributed by atoms with Crippen molar-refractivity contribution in [2.45, 2.75) is 83.3 Å². The quantitative estimate of drug-likeness (QED) is 0.599. The molecule has 4 nitrogen and oxygen atoms in total. The van der Waals surface area contributed by atoms with Crippen LogP contribution >= 0.6 is 0 Å². The minimum Gasteiger partial charge on any atom is -0.387 e. The number of nitrogens with one attached hydrogen (secondary N) is 1. The van der Waals surface area contributed by atoms with Crippen LogP contribution in [0.2, 0.25) is 0 Å². The van der Waals surface area contributed by atoms with Gasteiger partial charge >= 0.3 is 0 Å². The number of aliphatic hydroxyl groups excluding tert-OH is 1. The number of sulfonamides is 1. The third kappa shape index (κ3) is 5.47. The van der Waals surface area contributed by atoms with Crippen LogP contribution in [0.1, 0.15) is 94.6 Å². The van der Waals surface area contributed by atoms with E-state index >= 15 is 0 Å². The molecule has 5 heteroatoms. The number of hydrogen-bond acceptors (Lipinski definition) is 3. The van der Waals surface area contributed by atoms with Crippen molar-refractivity contribution in [3.63, 3.8) is 0 Å². The highest BCUT2D eigenvalue weighted by Gasteiger charge is 2.30. The summed E-state index contributed by atoms with van der Waals surface area (Å²) in [7, 11) is -3.82. The molecule has 2 aromatic rings. The summed E-state index contributed by atoms with van der Waals surface area (Å²) in [4.78, 5) is 0.360. The van der Waals surface area contributed by atoms with Gasteiger partial charge in [0.05, 0.1) is 11.0 Å². The van der Waals surface area contributed by atoms with Crippen molar-refractivity contribution in [3.8, 4) is 0 Å². The van der Waals surface area contributed by atoms with E-state index in [1.54, 1.807) is 19.1 Å². The van der Waals surface area contributed by atoms with Crippen LogP contribution in [-0.4, -0.2) is 19.6 Å². The molecule has 0 aromatic heterocycles. The van der Waals surface area contributed by atoms with Gasteiger partial charge < -0.3 is 5.11 Å². The average Bonchev–Trinajstić information content (AvgIpc) is 2.66. The zero-order valence-corrected chi connectivity index (χ0v) is 19.4. The smallest absolute Gasteiger partial charge is 0.241 e. The molecule has 0 fully saturated rings. The van der Waals surface area contributed by atoms with Crippen molar-refractivity contribution >= 4 is 10.0 Å². The Bertz CT molecular complexity index is 889. The zero-order valence-electron chi connectivity index (χ0n) is 18.6. The second kappa shape index (κ2) is 9.41. The van der Waals surface area contributed by atoms with E-state index < -0.39 is 22.2 Å². The van der Waals surface area contributed by atoms with Crippen molar-refractivity contribution in [3.05, 3.63) is 64.7 Å². The van der Waals surface area contributed by atoms with E-state index in [0.29, 0.717) is 16.4 Å². The average molecular weight is 418 g/mol. The summed E-state index contributed by atoms with van der Waals surface area (Å²) >= 11 is 0. The molecule has 2 aromatic carbocycles. The van der Waals surface area contributed by atoms with Gasteiger partial charge in [0, 0.05) is 6.04 Å². The van der Waals surface area contributed by atoms with Crippen LogP contribution in [0.25, 0.3) is 0 Å². The highest BCUT2D eigenvalue weighted by Crippen LogP contribution is 2.35. The summed E-state index contributed by atoms with van der Waals surface area (Å²) in [6.45, 7) is 14.0. The van der Waals surface area contributed by atoms with E-state index in [4.69, 9.17) is 0 Å². The first kappa shape index (κ1) is 23.6. The summed E-state index contributed by atoms with van der Waals surface area (Å²) in [6, 6.07) is 12.5. The molecule has 0 amide bonds. The van der Waals surface area contributed by atoms with Crippen molar-refractivity contribution in [2.75, 3.05) is 0 Å². The number of aliphatic hydroxyl groups is 1. The summed E-state index contributed by atoms with van der Waals surface area (Å²) in [5.41, 5.74) is 3.49. The number of hydrogen-bond donors (Lipinski definition) is 2. The van der Waals surface area contributed by atoms with Crippen LogP contribution in [0.15, 0.2) is 47.4 Å². The van der Waals surface area contributed by atoms with Gasteiger partial charge in [-0.1, -0.05) is 84.0 Å². The Kier molecular flexibility index (Phi) is 7.66. The molecule has 0 aliphatic heterocycles. The van der Waals surface area contributed by atoms with Crippen molar-refractivity contribution in [1.29, 1.82) is 0 Å². The van der Waals surface area contributed by atoms with Gasteiger partial charge in [0.25, 0.3) is 0 Å². The molecule has 0 aliphatic rings. The van der Waals surface area contributed by atoms with Crippen LogP contribution in [0.4, 0.5) is 0 Å².